The van der Waals surface area contributed by atoms with Crippen molar-refractivity contribution in [3.63, 3.8) is 0 Å². The Labute approximate surface area is 112 Å². The lowest BCUT2D eigenvalue weighted by atomic mass is 9.98. The summed E-state index contributed by atoms with van der Waals surface area (Å²) in [5.41, 5.74) is -1.08. The van der Waals surface area contributed by atoms with Gasteiger partial charge in [-0.3, -0.25) is 4.79 Å². The van der Waals surface area contributed by atoms with Crippen LogP contribution in [0.2, 0.25) is 0 Å². The van der Waals surface area contributed by atoms with Crippen molar-refractivity contribution in [2.75, 3.05) is 19.8 Å². The SMILES string of the molecule is O=C(COCC1CCCO1)NC1(C(=O)O)CCCC1. The van der Waals surface area contributed by atoms with Crippen molar-refractivity contribution in [2.45, 2.75) is 50.2 Å². The third-order valence-corrected chi connectivity index (χ3v) is 3.81. The van der Waals surface area contributed by atoms with Gasteiger partial charge >= 0.3 is 5.97 Å². The highest BCUT2D eigenvalue weighted by Gasteiger charge is 2.42. The maximum Gasteiger partial charge on any atom is 0.329 e. The molecule has 2 N–H and O–H groups in total. The quantitative estimate of drug-likeness (QED) is 0.742. The average molecular weight is 271 g/mol. The van der Waals surface area contributed by atoms with Gasteiger partial charge in [0.25, 0.3) is 0 Å². The zero-order valence-electron chi connectivity index (χ0n) is 11.0. The lowest BCUT2D eigenvalue weighted by Gasteiger charge is -2.25. The summed E-state index contributed by atoms with van der Waals surface area (Å²) < 4.78 is 10.7. The molecule has 1 unspecified atom stereocenters. The second kappa shape index (κ2) is 6.34. The molecular formula is C13H21NO5. The number of hydrogen-bond acceptors (Lipinski definition) is 4. The fraction of sp³-hybridized carbons (Fsp3) is 0.846. The van der Waals surface area contributed by atoms with Crippen molar-refractivity contribution in [1.82, 2.24) is 5.32 Å². The first kappa shape index (κ1) is 14.3. The molecule has 1 aliphatic heterocycles. The molecule has 1 saturated heterocycles. The highest BCUT2D eigenvalue weighted by atomic mass is 16.5. The minimum Gasteiger partial charge on any atom is -0.480 e. The second-order valence-corrected chi connectivity index (χ2v) is 5.29. The minimum atomic E-state index is -1.08. The molecule has 2 aliphatic rings. The van der Waals surface area contributed by atoms with Crippen molar-refractivity contribution >= 4 is 11.9 Å². The molecule has 1 heterocycles. The van der Waals surface area contributed by atoms with Crippen LogP contribution in [0.5, 0.6) is 0 Å². The topological polar surface area (TPSA) is 84.9 Å². The number of rotatable bonds is 6. The largest absolute Gasteiger partial charge is 0.480 e. The molecule has 108 valence electrons. The lowest BCUT2D eigenvalue weighted by molar-refractivity contribution is -0.148. The van der Waals surface area contributed by atoms with Crippen molar-refractivity contribution in [2.24, 2.45) is 0 Å². The van der Waals surface area contributed by atoms with Crippen molar-refractivity contribution in [3.05, 3.63) is 0 Å². The summed E-state index contributed by atoms with van der Waals surface area (Å²) in [6.45, 7) is 1.05. The maximum absolute atomic E-state index is 11.7. The summed E-state index contributed by atoms with van der Waals surface area (Å²) in [6, 6.07) is 0. The van der Waals surface area contributed by atoms with Gasteiger partial charge in [-0.05, 0) is 25.7 Å². The predicted octanol–water partition coefficient (Wildman–Crippen LogP) is 0.696. The van der Waals surface area contributed by atoms with E-state index in [0.29, 0.717) is 19.4 Å². The van der Waals surface area contributed by atoms with E-state index in [1.807, 2.05) is 0 Å². The molecule has 1 saturated carbocycles. The number of carbonyl (C=O) groups is 2. The van der Waals surface area contributed by atoms with Crippen LogP contribution < -0.4 is 5.32 Å². The monoisotopic (exact) mass is 271 g/mol. The number of carboxylic acids is 1. The van der Waals surface area contributed by atoms with Gasteiger partial charge in [0, 0.05) is 6.61 Å². The molecule has 0 bridgehead atoms. The Morgan fingerprint density at radius 1 is 1.32 bits per heavy atom. The number of hydrogen-bond donors (Lipinski definition) is 2. The summed E-state index contributed by atoms with van der Waals surface area (Å²) in [7, 11) is 0. The average Bonchev–Trinajstić information content (AvgIpc) is 3.00. The van der Waals surface area contributed by atoms with Crippen LogP contribution in [-0.2, 0) is 19.1 Å². The van der Waals surface area contributed by atoms with Gasteiger partial charge in [0.05, 0.1) is 12.7 Å². The first-order valence-corrected chi connectivity index (χ1v) is 6.86. The van der Waals surface area contributed by atoms with Gasteiger partial charge in [0.2, 0.25) is 5.91 Å². The summed E-state index contributed by atoms with van der Waals surface area (Å²) in [5.74, 6) is -1.31. The van der Waals surface area contributed by atoms with Gasteiger partial charge in [-0.15, -0.1) is 0 Å². The van der Waals surface area contributed by atoms with E-state index in [1.54, 1.807) is 0 Å². The van der Waals surface area contributed by atoms with Crippen LogP contribution in [0, 0.1) is 0 Å². The first-order valence-electron chi connectivity index (χ1n) is 6.86. The second-order valence-electron chi connectivity index (χ2n) is 5.29. The summed E-state index contributed by atoms with van der Waals surface area (Å²) in [4.78, 5) is 23.0. The molecular weight excluding hydrogens is 250 g/mol. The molecule has 0 aromatic rings. The van der Waals surface area contributed by atoms with Crippen molar-refractivity contribution in [3.8, 4) is 0 Å². The number of carboxylic acid groups (broad SMARTS) is 1. The Bertz CT molecular complexity index is 332. The van der Waals surface area contributed by atoms with Gasteiger partial charge in [0.1, 0.15) is 12.1 Å². The number of nitrogens with one attached hydrogen (secondary N) is 1. The van der Waals surface area contributed by atoms with Crippen LogP contribution in [0.15, 0.2) is 0 Å². The maximum atomic E-state index is 11.7. The standard InChI is InChI=1S/C13H21NO5/c15-11(9-18-8-10-4-3-7-19-10)14-13(12(16)17)5-1-2-6-13/h10H,1-9H2,(H,14,15)(H,16,17). The fourth-order valence-electron chi connectivity index (χ4n) is 2.73. The molecule has 1 atom stereocenters. The zero-order valence-corrected chi connectivity index (χ0v) is 11.0. The Kier molecular flexibility index (Phi) is 4.76. The van der Waals surface area contributed by atoms with Gasteiger partial charge in [-0.2, -0.15) is 0 Å². The highest BCUT2D eigenvalue weighted by Crippen LogP contribution is 2.29. The minimum absolute atomic E-state index is 0.0766. The third-order valence-electron chi connectivity index (χ3n) is 3.81. The Balaban J connectivity index is 1.72. The van der Waals surface area contributed by atoms with Gasteiger partial charge in [0.15, 0.2) is 0 Å². The van der Waals surface area contributed by atoms with Crippen LogP contribution in [0.4, 0.5) is 0 Å². The molecule has 19 heavy (non-hydrogen) atoms. The smallest absolute Gasteiger partial charge is 0.329 e. The summed E-state index contributed by atoms with van der Waals surface area (Å²) in [6.07, 6.45) is 4.74. The number of aliphatic carboxylic acids is 1. The number of carbonyl (C=O) groups excluding carboxylic acids is 1. The fourth-order valence-corrected chi connectivity index (χ4v) is 2.73. The van der Waals surface area contributed by atoms with Crippen molar-refractivity contribution < 1.29 is 24.2 Å². The predicted molar refractivity (Wildman–Crippen MR) is 66.8 cm³/mol. The Hall–Kier alpha value is -1.14. The molecule has 6 nitrogen and oxygen atoms in total. The van der Waals surface area contributed by atoms with Crippen LogP contribution in [0.25, 0.3) is 0 Å². The lowest BCUT2D eigenvalue weighted by Crippen LogP contribution is -2.53. The van der Waals surface area contributed by atoms with Crippen LogP contribution in [-0.4, -0.2) is 48.4 Å². The van der Waals surface area contributed by atoms with E-state index in [1.165, 1.54) is 0 Å². The van der Waals surface area contributed by atoms with E-state index in [0.717, 1.165) is 32.3 Å². The summed E-state index contributed by atoms with van der Waals surface area (Å²) in [5, 5.41) is 11.8. The van der Waals surface area contributed by atoms with Crippen molar-refractivity contribution in [1.29, 1.82) is 0 Å². The van der Waals surface area contributed by atoms with Gasteiger partial charge in [-0.1, -0.05) is 12.8 Å². The summed E-state index contributed by atoms with van der Waals surface area (Å²) >= 11 is 0. The van der Waals surface area contributed by atoms with E-state index in [9.17, 15) is 14.7 Å². The molecule has 0 aromatic carbocycles. The number of amides is 1. The van der Waals surface area contributed by atoms with E-state index in [2.05, 4.69) is 5.32 Å². The zero-order chi connectivity index (χ0) is 13.7. The molecule has 0 spiro atoms. The Morgan fingerprint density at radius 3 is 2.63 bits per heavy atom. The van der Waals surface area contributed by atoms with Crippen LogP contribution >= 0.6 is 0 Å². The van der Waals surface area contributed by atoms with E-state index in [-0.39, 0.29) is 18.6 Å². The normalized spacial score (nSPS) is 25.4. The highest BCUT2D eigenvalue weighted by molar-refractivity contribution is 5.87. The Morgan fingerprint density at radius 2 is 2.05 bits per heavy atom. The number of ether oxygens (including phenoxy) is 2. The molecule has 6 heteroatoms. The molecule has 0 aromatic heterocycles. The van der Waals surface area contributed by atoms with E-state index >= 15 is 0 Å². The molecule has 2 fully saturated rings. The van der Waals surface area contributed by atoms with Crippen LogP contribution in [0.1, 0.15) is 38.5 Å². The molecule has 1 amide bonds. The third kappa shape index (κ3) is 3.67. The van der Waals surface area contributed by atoms with Gasteiger partial charge in [-0.25, -0.2) is 4.79 Å². The van der Waals surface area contributed by atoms with E-state index < -0.39 is 11.5 Å². The molecule has 0 radical (unpaired) electrons. The molecule has 2 rings (SSSR count). The van der Waals surface area contributed by atoms with Gasteiger partial charge < -0.3 is 19.9 Å². The van der Waals surface area contributed by atoms with E-state index in [4.69, 9.17) is 9.47 Å². The van der Waals surface area contributed by atoms with Crippen LogP contribution in [0.3, 0.4) is 0 Å². The first-order chi connectivity index (χ1) is 9.12. The molecule has 1 aliphatic carbocycles.